The standard InChI is InChI=1S/C16H24ClN3O/c1-11(9-12-5-4-8-18-12)19-13-6-7-15(17)14(10-13)16(21)20(2)3/h6-7,10-12,18-19H,4-5,8-9H2,1-3H3. The van der Waals surface area contributed by atoms with Crippen molar-refractivity contribution in [1.29, 1.82) is 0 Å². The van der Waals surface area contributed by atoms with Crippen LogP contribution in [0.15, 0.2) is 18.2 Å². The minimum Gasteiger partial charge on any atom is -0.383 e. The second-order valence-electron chi connectivity index (χ2n) is 5.97. The summed E-state index contributed by atoms with van der Waals surface area (Å²) in [6.45, 7) is 3.29. The van der Waals surface area contributed by atoms with Gasteiger partial charge in [0.2, 0.25) is 0 Å². The third kappa shape index (κ3) is 4.35. The van der Waals surface area contributed by atoms with E-state index in [9.17, 15) is 4.79 Å². The highest BCUT2D eigenvalue weighted by Crippen LogP contribution is 2.23. The van der Waals surface area contributed by atoms with Crippen LogP contribution in [0.2, 0.25) is 5.02 Å². The first-order valence-corrected chi connectivity index (χ1v) is 7.86. The molecule has 0 saturated carbocycles. The number of anilines is 1. The Balaban J connectivity index is 2.02. The van der Waals surface area contributed by atoms with E-state index >= 15 is 0 Å². The summed E-state index contributed by atoms with van der Waals surface area (Å²) in [4.78, 5) is 13.6. The van der Waals surface area contributed by atoms with Crippen molar-refractivity contribution >= 4 is 23.2 Å². The molecule has 2 atom stereocenters. The minimum atomic E-state index is -0.0752. The van der Waals surface area contributed by atoms with Crippen LogP contribution in [0.25, 0.3) is 0 Å². The van der Waals surface area contributed by atoms with Gasteiger partial charge < -0.3 is 15.5 Å². The summed E-state index contributed by atoms with van der Waals surface area (Å²) in [6, 6.07) is 6.49. The van der Waals surface area contributed by atoms with Crippen molar-refractivity contribution in [3.63, 3.8) is 0 Å². The topological polar surface area (TPSA) is 44.4 Å². The highest BCUT2D eigenvalue weighted by atomic mass is 35.5. The zero-order valence-electron chi connectivity index (χ0n) is 12.9. The van der Waals surface area contributed by atoms with E-state index in [4.69, 9.17) is 11.6 Å². The SMILES string of the molecule is CC(CC1CCCN1)Nc1ccc(Cl)c(C(=O)N(C)C)c1. The van der Waals surface area contributed by atoms with Crippen LogP contribution in [-0.2, 0) is 0 Å². The van der Waals surface area contributed by atoms with Crippen LogP contribution in [0.4, 0.5) is 5.69 Å². The maximum absolute atomic E-state index is 12.1. The van der Waals surface area contributed by atoms with Gasteiger partial charge in [-0.1, -0.05) is 11.6 Å². The van der Waals surface area contributed by atoms with Crippen molar-refractivity contribution in [1.82, 2.24) is 10.2 Å². The number of hydrogen-bond acceptors (Lipinski definition) is 3. The molecule has 1 aliphatic heterocycles. The molecule has 1 saturated heterocycles. The Labute approximate surface area is 131 Å². The van der Waals surface area contributed by atoms with Gasteiger partial charge in [-0.25, -0.2) is 0 Å². The lowest BCUT2D eigenvalue weighted by Gasteiger charge is -2.20. The van der Waals surface area contributed by atoms with Gasteiger partial charge in [-0.3, -0.25) is 4.79 Å². The molecule has 0 aromatic heterocycles. The van der Waals surface area contributed by atoms with Crippen LogP contribution < -0.4 is 10.6 Å². The molecule has 2 N–H and O–H groups in total. The summed E-state index contributed by atoms with van der Waals surface area (Å²) < 4.78 is 0. The molecule has 116 valence electrons. The molecule has 1 amide bonds. The Morgan fingerprint density at radius 3 is 2.90 bits per heavy atom. The van der Waals surface area contributed by atoms with Gasteiger partial charge in [0.15, 0.2) is 0 Å². The first-order valence-electron chi connectivity index (χ1n) is 7.48. The molecular weight excluding hydrogens is 286 g/mol. The molecule has 4 nitrogen and oxygen atoms in total. The molecule has 2 rings (SSSR count). The first kappa shape index (κ1) is 16.1. The fourth-order valence-corrected chi connectivity index (χ4v) is 2.95. The first-order chi connectivity index (χ1) is 9.97. The zero-order valence-corrected chi connectivity index (χ0v) is 13.7. The van der Waals surface area contributed by atoms with Gasteiger partial charge in [-0.2, -0.15) is 0 Å². The van der Waals surface area contributed by atoms with Crippen molar-refractivity contribution in [3.05, 3.63) is 28.8 Å². The van der Waals surface area contributed by atoms with E-state index < -0.39 is 0 Å². The third-order valence-corrected chi connectivity index (χ3v) is 4.15. The molecule has 1 aliphatic rings. The molecule has 1 aromatic carbocycles. The molecule has 0 aliphatic carbocycles. The Kier molecular flexibility index (Phi) is 5.48. The molecule has 5 heteroatoms. The third-order valence-electron chi connectivity index (χ3n) is 3.82. The van der Waals surface area contributed by atoms with Gasteiger partial charge in [0.05, 0.1) is 10.6 Å². The summed E-state index contributed by atoms with van der Waals surface area (Å²) in [5, 5.41) is 7.46. The molecule has 0 bridgehead atoms. The normalized spacial score (nSPS) is 19.3. The van der Waals surface area contributed by atoms with Crippen LogP contribution in [-0.4, -0.2) is 43.5 Å². The quantitative estimate of drug-likeness (QED) is 0.879. The number of rotatable bonds is 5. The Morgan fingerprint density at radius 2 is 2.29 bits per heavy atom. The molecule has 1 heterocycles. The summed E-state index contributed by atoms with van der Waals surface area (Å²) >= 11 is 6.12. The van der Waals surface area contributed by atoms with E-state index in [0.717, 1.165) is 18.7 Å². The van der Waals surface area contributed by atoms with Crippen LogP contribution in [0.5, 0.6) is 0 Å². The van der Waals surface area contributed by atoms with E-state index in [1.165, 1.54) is 17.7 Å². The Morgan fingerprint density at radius 1 is 1.52 bits per heavy atom. The van der Waals surface area contributed by atoms with Crippen LogP contribution in [0.1, 0.15) is 36.5 Å². The predicted octanol–water partition coefficient (Wildman–Crippen LogP) is 2.98. The molecule has 0 radical (unpaired) electrons. The minimum absolute atomic E-state index is 0.0752. The number of hydrogen-bond donors (Lipinski definition) is 2. The van der Waals surface area contributed by atoms with Crippen molar-refractivity contribution in [2.45, 2.75) is 38.3 Å². The predicted molar refractivity (Wildman–Crippen MR) is 88.2 cm³/mol. The van der Waals surface area contributed by atoms with Gasteiger partial charge >= 0.3 is 0 Å². The van der Waals surface area contributed by atoms with E-state index in [0.29, 0.717) is 22.7 Å². The van der Waals surface area contributed by atoms with Crippen LogP contribution in [0.3, 0.4) is 0 Å². The van der Waals surface area contributed by atoms with Gasteiger partial charge in [0.1, 0.15) is 0 Å². The van der Waals surface area contributed by atoms with E-state index in [1.54, 1.807) is 20.2 Å². The number of carbonyl (C=O) groups excluding carboxylic acids is 1. The second-order valence-corrected chi connectivity index (χ2v) is 6.38. The monoisotopic (exact) mass is 309 g/mol. The largest absolute Gasteiger partial charge is 0.383 e. The van der Waals surface area contributed by atoms with Gasteiger partial charge in [0, 0.05) is 31.9 Å². The van der Waals surface area contributed by atoms with Crippen molar-refractivity contribution < 1.29 is 4.79 Å². The van der Waals surface area contributed by atoms with E-state index in [2.05, 4.69) is 17.6 Å². The highest BCUT2D eigenvalue weighted by Gasteiger charge is 2.18. The average molecular weight is 310 g/mol. The van der Waals surface area contributed by atoms with Crippen molar-refractivity contribution in [2.24, 2.45) is 0 Å². The van der Waals surface area contributed by atoms with Gasteiger partial charge in [-0.15, -0.1) is 0 Å². The van der Waals surface area contributed by atoms with Crippen molar-refractivity contribution in [3.8, 4) is 0 Å². The summed E-state index contributed by atoms with van der Waals surface area (Å²) in [6.07, 6.45) is 3.59. The Bertz CT molecular complexity index is 498. The van der Waals surface area contributed by atoms with Crippen LogP contribution in [0, 0.1) is 0 Å². The number of benzene rings is 1. The number of carbonyl (C=O) groups is 1. The maximum atomic E-state index is 12.1. The molecule has 1 aromatic rings. The summed E-state index contributed by atoms with van der Waals surface area (Å²) in [5.41, 5.74) is 1.48. The zero-order chi connectivity index (χ0) is 15.4. The number of amides is 1. The average Bonchev–Trinajstić information content (AvgIpc) is 2.92. The number of halogens is 1. The summed E-state index contributed by atoms with van der Waals surface area (Å²) in [7, 11) is 3.46. The smallest absolute Gasteiger partial charge is 0.254 e. The molecule has 1 fully saturated rings. The van der Waals surface area contributed by atoms with Gasteiger partial charge in [0.25, 0.3) is 5.91 Å². The molecular formula is C16H24ClN3O. The lowest BCUT2D eigenvalue weighted by atomic mass is 10.1. The van der Waals surface area contributed by atoms with Crippen molar-refractivity contribution in [2.75, 3.05) is 26.0 Å². The van der Waals surface area contributed by atoms with E-state index in [1.807, 2.05) is 12.1 Å². The van der Waals surface area contributed by atoms with E-state index in [-0.39, 0.29) is 5.91 Å². The second kappa shape index (κ2) is 7.14. The molecule has 2 unspecified atom stereocenters. The Hall–Kier alpha value is -1.26. The maximum Gasteiger partial charge on any atom is 0.254 e. The highest BCUT2D eigenvalue weighted by molar-refractivity contribution is 6.34. The fourth-order valence-electron chi connectivity index (χ4n) is 2.75. The summed E-state index contributed by atoms with van der Waals surface area (Å²) in [5.74, 6) is -0.0752. The number of nitrogens with one attached hydrogen (secondary N) is 2. The lowest BCUT2D eigenvalue weighted by Crippen LogP contribution is -2.29. The molecule has 21 heavy (non-hydrogen) atoms. The number of nitrogens with zero attached hydrogens (tertiary/aromatic N) is 1. The molecule has 0 spiro atoms. The lowest BCUT2D eigenvalue weighted by molar-refractivity contribution is 0.0828. The van der Waals surface area contributed by atoms with Gasteiger partial charge in [-0.05, 0) is 50.9 Å². The fraction of sp³-hybridized carbons (Fsp3) is 0.562. The van der Waals surface area contributed by atoms with Crippen LogP contribution >= 0.6 is 11.6 Å².